The van der Waals surface area contributed by atoms with Gasteiger partial charge in [-0.25, -0.2) is 9.37 Å². The lowest BCUT2D eigenvalue weighted by molar-refractivity contribution is 0.136. The van der Waals surface area contributed by atoms with Gasteiger partial charge in [-0.3, -0.25) is 4.90 Å². The van der Waals surface area contributed by atoms with Crippen molar-refractivity contribution in [2.24, 2.45) is 5.41 Å². The lowest BCUT2D eigenvalue weighted by Crippen LogP contribution is -2.54. The Bertz CT molecular complexity index is 843. The Morgan fingerprint density at radius 1 is 1.25 bits per heavy atom. The summed E-state index contributed by atoms with van der Waals surface area (Å²) in [7, 11) is 0. The van der Waals surface area contributed by atoms with Gasteiger partial charge in [-0.05, 0) is 36.8 Å². The monoisotopic (exact) mass is 386 g/mol. The fourth-order valence-corrected chi connectivity index (χ4v) is 5.07. The van der Waals surface area contributed by atoms with E-state index in [1.807, 2.05) is 0 Å². The second-order valence-electron chi connectivity index (χ2n) is 8.47. The van der Waals surface area contributed by atoms with Crippen molar-refractivity contribution in [3.05, 3.63) is 36.0 Å². The smallest absolute Gasteiger partial charge is 0.154 e. The number of aliphatic hydroxyl groups is 1. The van der Waals surface area contributed by atoms with Gasteiger partial charge >= 0.3 is 0 Å². The first kappa shape index (κ1) is 18.1. The van der Waals surface area contributed by atoms with Gasteiger partial charge in [0, 0.05) is 51.4 Å². The van der Waals surface area contributed by atoms with Crippen molar-refractivity contribution in [2.45, 2.75) is 31.9 Å². The Kier molecular flexibility index (Phi) is 4.61. The molecule has 0 amide bonds. The van der Waals surface area contributed by atoms with E-state index in [1.54, 1.807) is 18.2 Å². The molecular weight excluding hydrogens is 359 g/mol. The van der Waals surface area contributed by atoms with E-state index >= 15 is 0 Å². The van der Waals surface area contributed by atoms with Gasteiger partial charge < -0.3 is 19.7 Å². The molecule has 5 rings (SSSR count). The van der Waals surface area contributed by atoms with E-state index in [1.165, 1.54) is 38.5 Å². The molecule has 4 heterocycles. The summed E-state index contributed by atoms with van der Waals surface area (Å²) in [5, 5.41) is 12.7. The highest BCUT2D eigenvalue weighted by molar-refractivity contribution is 5.72. The van der Waals surface area contributed by atoms with Gasteiger partial charge in [0.2, 0.25) is 0 Å². The van der Waals surface area contributed by atoms with Crippen molar-refractivity contribution in [3.8, 4) is 11.5 Å². The summed E-state index contributed by atoms with van der Waals surface area (Å²) in [6.45, 7) is 5.89. The van der Waals surface area contributed by atoms with Gasteiger partial charge in [0.15, 0.2) is 5.76 Å². The van der Waals surface area contributed by atoms with E-state index in [4.69, 9.17) is 4.42 Å². The summed E-state index contributed by atoms with van der Waals surface area (Å²) >= 11 is 0. The average Bonchev–Trinajstić information content (AvgIpc) is 3.35. The fraction of sp³-hybridized carbons (Fsp3) is 0.571. The molecule has 3 aliphatic rings. The van der Waals surface area contributed by atoms with Gasteiger partial charge in [-0.15, -0.1) is 0 Å². The fourth-order valence-electron chi connectivity index (χ4n) is 5.07. The summed E-state index contributed by atoms with van der Waals surface area (Å²) in [5.41, 5.74) is 1.96. The van der Waals surface area contributed by atoms with Crippen LogP contribution in [0.5, 0.6) is 0 Å². The largest absolute Gasteiger partial charge is 0.457 e. The Morgan fingerprint density at radius 3 is 2.71 bits per heavy atom. The molecule has 6 nitrogen and oxygen atoms in total. The molecule has 2 saturated heterocycles. The number of pyridine rings is 1. The number of anilines is 1. The summed E-state index contributed by atoms with van der Waals surface area (Å²) in [5.74, 6) is 0.708. The molecule has 2 aliphatic heterocycles. The molecule has 1 saturated carbocycles. The topological polar surface area (TPSA) is 64.8 Å². The number of nitrogens with one attached hydrogen (secondary N) is 1. The second-order valence-corrected chi connectivity index (χ2v) is 8.47. The molecule has 1 unspecified atom stereocenters. The van der Waals surface area contributed by atoms with Crippen molar-refractivity contribution in [1.82, 2.24) is 15.2 Å². The summed E-state index contributed by atoms with van der Waals surface area (Å²) < 4.78 is 19.6. The van der Waals surface area contributed by atoms with Gasteiger partial charge in [0.05, 0.1) is 11.9 Å². The molecule has 1 aliphatic carbocycles. The number of hydrogen-bond acceptors (Lipinski definition) is 6. The molecule has 0 radical (unpaired) electrons. The number of halogens is 1. The number of aromatic nitrogens is 1. The molecule has 2 N–H and O–H groups in total. The van der Waals surface area contributed by atoms with Crippen LogP contribution in [0.1, 0.15) is 25.0 Å². The van der Waals surface area contributed by atoms with Crippen molar-refractivity contribution >= 4 is 5.69 Å². The van der Waals surface area contributed by atoms with E-state index in [9.17, 15) is 9.50 Å². The molecule has 0 aromatic carbocycles. The van der Waals surface area contributed by atoms with Crippen LogP contribution in [-0.2, 0) is 6.61 Å². The zero-order valence-electron chi connectivity index (χ0n) is 16.0. The average molecular weight is 386 g/mol. The van der Waals surface area contributed by atoms with Crippen LogP contribution in [-0.4, -0.2) is 60.3 Å². The van der Waals surface area contributed by atoms with Gasteiger partial charge in [0.1, 0.15) is 23.9 Å². The van der Waals surface area contributed by atoms with Gasteiger partial charge in [-0.1, -0.05) is 0 Å². The van der Waals surface area contributed by atoms with Crippen LogP contribution >= 0.6 is 0 Å². The number of aliphatic hydroxyl groups excluding tert-OH is 1. The number of nitrogens with zero attached hydrogens (tertiary/aromatic N) is 3. The van der Waals surface area contributed by atoms with Crippen molar-refractivity contribution in [3.63, 3.8) is 0 Å². The quantitative estimate of drug-likeness (QED) is 0.840. The van der Waals surface area contributed by atoms with E-state index in [2.05, 4.69) is 20.1 Å². The highest BCUT2D eigenvalue weighted by Crippen LogP contribution is 2.43. The van der Waals surface area contributed by atoms with Crippen LogP contribution in [0.15, 0.2) is 28.8 Å². The lowest BCUT2D eigenvalue weighted by Gasteiger charge is -2.42. The Hall–Kier alpha value is -1.96. The Balaban J connectivity index is 1.30. The van der Waals surface area contributed by atoms with Crippen LogP contribution in [0.25, 0.3) is 11.5 Å². The molecule has 2 aromatic rings. The molecule has 0 bridgehead atoms. The minimum atomic E-state index is -0.342. The molecular formula is C21H27FN4O2. The SMILES string of the molecule is OCc1ccc(-c2ncc(F)cc2N2CCN(C3CCC4(CNC4)C3)CC2)o1. The first-order chi connectivity index (χ1) is 13.7. The normalized spacial score (nSPS) is 24.6. The molecule has 7 heteroatoms. The van der Waals surface area contributed by atoms with Crippen LogP contribution in [0.4, 0.5) is 10.1 Å². The third-order valence-corrected chi connectivity index (χ3v) is 6.73. The molecule has 1 spiro atoms. The maximum atomic E-state index is 14.0. The lowest BCUT2D eigenvalue weighted by atomic mass is 9.80. The first-order valence-electron chi connectivity index (χ1n) is 10.2. The number of rotatable bonds is 4. The number of furan rings is 1. The van der Waals surface area contributed by atoms with Crippen LogP contribution in [0.3, 0.4) is 0 Å². The molecule has 1 atom stereocenters. The van der Waals surface area contributed by atoms with E-state index in [0.717, 1.165) is 31.9 Å². The molecule has 2 aromatic heterocycles. The molecule has 150 valence electrons. The molecule has 28 heavy (non-hydrogen) atoms. The van der Waals surface area contributed by atoms with E-state index in [-0.39, 0.29) is 12.4 Å². The van der Waals surface area contributed by atoms with Crippen LogP contribution < -0.4 is 10.2 Å². The maximum Gasteiger partial charge on any atom is 0.154 e. The second kappa shape index (κ2) is 7.13. The highest BCUT2D eigenvalue weighted by atomic mass is 19.1. The third kappa shape index (κ3) is 3.21. The van der Waals surface area contributed by atoms with E-state index in [0.29, 0.717) is 28.7 Å². The standard InChI is InChI=1S/C21H27FN4O2/c22-15-9-18(20(24-11-15)19-2-1-17(12-27)28-19)26-7-5-25(6-8-26)16-3-4-21(10-16)13-23-14-21/h1-2,9,11,16,23,27H,3-8,10,12-14H2. The Labute approximate surface area is 164 Å². The van der Waals surface area contributed by atoms with Crippen molar-refractivity contribution < 1.29 is 13.9 Å². The van der Waals surface area contributed by atoms with Gasteiger partial charge in [-0.2, -0.15) is 0 Å². The summed E-state index contributed by atoms with van der Waals surface area (Å²) in [6.07, 6.45) is 5.17. The predicted octanol–water partition coefficient (Wildman–Crippen LogP) is 2.24. The summed E-state index contributed by atoms with van der Waals surface area (Å²) in [6, 6.07) is 5.75. The minimum Gasteiger partial charge on any atom is -0.457 e. The maximum absolute atomic E-state index is 14.0. The van der Waals surface area contributed by atoms with Crippen molar-refractivity contribution in [1.29, 1.82) is 0 Å². The minimum absolute atomic E-state index is 0.159. The van der Waals surface area contributed by atoms with E-state index < -0.39 is 0 Å². The van der Waals surface area contributed by atoms with Crippen LogP contribution in [0, 0.1) is 11.2 Å². The van der Waals surface area contributed by atoms with Crippen LogP contribution in [0.2, 0.25) is 0 Å². The zero-order chi connectivity index (χ0) is 19.1. The zero-order valence-corrected chi connectivity index (χ0v) is 16.0. The molecule has 3 fully saturated rings. The number of piperazine rings is 1. The Morgan fingerprint density at radius 2 is 2.07 bits per heavy atom. The van der Waals surface area contributed by atoms with Gasteiger partial charge in [0.25, 0.3) is 0 Å². The number of hydrogen-bond donors (Lipinski definition) is 2. The summed E-state index contributed by atoms with van der Waals surface area (Å²) in [4.78, 5) is 9.12. The van der Waals surface area contributed by atoms with Crippen molar-refractivity contribution in [2.75, 3.05) is 44.2 Å². The first-order valence-corrected chi connectivity index (χ1v) is 10.2. The third-order valence-electron chi connectivity index (χ3n) is 6.73. The highest BCUT2D eigenvalue weighted by Gasteiger charge is 2.45. The predicted molar refractivity (Wildman–Crippen MR) is 105 cm³/mol.